The Hall–Kier alpha value is -1.43. The summed E-state index contributed by atoms with van der Waals surface area (Å²) in [6.45, 7) is -0.128. The maximum Gasteiger partial charge on any atom is 0.173 e. The number of aliphatic hydroxyl groups is 1. The Morgan fingerprint density at radius 3 is 2.38 bits per heavy atom. The summed E-state index contributed by atoms with van der Waals surface area (Å²) in [6.07, 6.45) is 0. The monoisotopic (exact) mass is 407 g/mol. The van der Waals surface area contributed by atoms with Gasteiger partial charge in [-0.15, -0.1) is 0 Å². The number of benzene rings is 2. The van der Waals surface area contributed by atoms with Crippen molar-refractivity contribution in [3.63, 3.8) is 0 Å². The third-order valence-electron chi connectivity index (χ3n) is 3.15. The first-order chi connectivity index (χ1) is 10.2. The summed E-state index contributed by atoms with van der Waals surface area (Å²) in [5, 5.41) is 13.8. The molecule has 2 aromatic carbocycles. The summed E-state index contributed by atoms with van der Waals surface area (Å²) in [5.74, 6) is 0.594. The summed E-state index contributed by atoms with van der Waals surface area (Å²) >= 11 is 6.84. The first-order valence-electron chi connectivity index (χ1n) is 6.30. The molecule has 0 radical (unpaired) electrons. The minimum Gasteiger partial charge on any atom is -0.391 e. The normalized spacial score (nSPS) is 10.8. The molecule has 3 rings (SSSR count). The number of hydrogen-bond acceptors (Lipinski definition) is 3. The van der Waals surface area contributed by atoms with E-state index in [1.54, 1.807) is 0 Å². The van der Waals surface area contributed by atoms with Gasteiger partial charge >= 0.3 is 0 Å². The maximum absolute atomic E-state index is 9.71. The Morgan fingerprint density at radius 2 is 1.71 bits per heavy atom. The van der Waals surface area contributed by atoms with Crippen LogP contribution < -0.4 is 0 Å². The van der Waals surface area contributed by atoms with Gasteiger partial charge < -0.3 is 9.63 Å². The van der Waals surface area contributed by atoms with E-state index in [9.17, 15) is 5.11 Å². The molecule has 21 heavy (non-hydrogen) atoms. The molecule has 1 heterocycles. The van der Waals surface area contributed by atoms with E-state index >= 15 is 0 Å². The minimum atomic E-state index is -0.128. The van der Waals surface area contributed by atoms with Gasteiger partial charge in [0.25, 0.3) is 0 Å². The smallest absolute Gasteiger partial charge is 0.173 e. The van der Waals surface area contributed by atoms with Gasteiger partial charge in [0.15, 0.2) is 5.76 Å². The first kappa shape index (κ1) is 14.5. The fourth-order valence-electron chi connectivity index (χ4n) is 2.15. The van der Waals surface area contributed by atoms with Crippen LogP contribution >= 0.6 is 31.9 Å². The Morgan fingerprint density at radius 1 is 0.952 bits per heavy atom. The fourth-order valence-corrected chi connectivity index (χ4v) is 2.81. The number of hydrogen-bond donors (Lipinski definition) is 1. The zero-order valence-electron chi connectivity index (χ0n) is 10.9. The number of halogens is 2. The topological polar surface area (TPSA) is 46.3 Å². The van der Waals surface area contributed by atoms with Crippen molar-refractivity contribution in [2.24, 2.45) is 0 Å². The number of nitrogens with zero attached hydrogens (tertiary/aromatic N) is 1. The number of aromatic nitrogens is 1. The van der Waals surface area contributed by atoms with Crippen molar-refractivity contribution in [3.8, 4) is 22.6 Å². The summed E-state index contributed by atoms with van der Waals surface area (Å²) in [7, 11) is 0. The standard InChI is InChI=1S/C16H11Br2NO2/c17-12-6-4-10(5-7-12)15-14(9-20)16(21-19-15)11-2-1-3-13(18)8-11/h1-8,20H,9H2. The van der Waals surface area contributed by atoms with Crippen molar-refractivity contribution in [2.75, 3.05) is 0 Å². The van der Waals surface area contributed by atoms with Crippen LogP contribution in [-0.2, 0) is 6.61 Å². The zero-order chi connectivity index (χ0) is 14.8. The van der Waals surface area contributed by atoms with Crippen molar-refractivity contribution in [2.45, 2.75) is 6.61 Å². The van der Waals surface area contributed by atoms with Gasteiger partial charge in [-0.2, -0.15) is 0 Å². The van der Waals surface area contributed by atoms with Gasteiger partial charge in [-0.25, -0.2) is 0 Å². The number of aliphatic hydroxyl groups excluding tert-OH is 1. The lowest BCUT2D eigenvalue weighted by atomic mass is 10.0. The predicted octanol–water partition coefficient (Wildman–Crippen LogP) is 5.03. The number of rotatable bonds is 3. The fraction of sp³-hybridized carbons (Fsp3) is 0.0625. The van der Waals surface area contributed by atoms with E-state index in [0.717, 1.165) is 20.1 Å². The van der Waals surface area contributed by atoms with E-state index in [1.165, 1.54) is 0 Å². The second kappa shape index (κ2) is 6.13. The molecule has 1 aromatic heterocycles. The molecule has 0 aliphatic heterocycles. The highest BCUT2D eigenvalue weighted by Crippen LogP contribution is 2.33. The largest absolute Gasteiger partial charge is 0.391 e. The van der Waals surface area contributed by atoms with Crippen LogP contribution in [0, 0.1) is 0 Å². The molecule has 0 saturated heterocycles. The van der Waals surface area contributed by atoms with E-state index in [0.29, 0.717) is 17.0 Å². The Labute approximate surface area is 138 Å². The van der Waals surface area contributed by atoms with Gasteiger partial charge in [0.2, 0.25) is 0 Å². The lowest BCUT2D eigenvalue weighted by molar-refractivity contribution is 0.281. The van der Waals surface area contributed by atoms with Crippen LogP contribution in [0.4, 0.5) is 0 Å². The van der Waals surface area contributed by atoms with Gasteiger partial charge in [0, 0.05) is 20.1 Å². The van der Waals surface area contributed by atoms with E-state index in [1.807, 2.05) is 48.5 Å². The average Bonchev–Trinajstić information content (AvgIpc) is 2.92. The van der Waals surface area contributed by atoms with Crippen molar-refractivity contribution in [1.29, 1.82) is 0 Å². The zero-order valence-corrected chi connectivity index (χ0v) is 14.1. The quantitative estimate of drug-likeness (QED) is 0.661. The van der Waals surface area contributed by atoms with Gasteiger partial charge in [0.05, 0.1) is 12.2 Å². The molecule has 0 amide bonds. The molecule has 0 fully saturated rings. The van der Waals surface area contributed by atoms with Crippen LogP contribution in [0.15, 0.2) is 62.0 Å². The van der Waals surface area contributed by atoms with Crippen LogP contribution in [0.2, 0.25) is 0 Å². The van der Waals surface area contributed by atoms with Crippen molar-refractivity contribution in [3.05, 3.63) is 63.0 Å². The van der Waals surface area contributed by atoms with Crippen LogP contribution in [-0.4, -0.2) is 10.3 Å². The van der Waals surface area contributed by atoms with E-state index in [-0.39, 0.29) is 6.61 Å². The van der Waals surface area contributed by atoms with Gasteiger partial charge in [-0.1, -0.05) is 61.3 Å². The van der Waals surface area contributed by atoms with Crippen LogP contribution in [0.25, 0.3) is 22.6 Å². The van der Waals surface area contributed by atoms with Gasteiger partial charge in [-0.3, -0.25) is 0 Å². The van der Waals surface area contributed by atoms with Crippen LogP contribution in [0.3, 0.4) is 0 Å². The van der Waals surface area contributed by atoms with Gasteiger partial charge in [0.1, 0.15) is 5.69 Å². The highest BCUT2D eigenvalue weighted by atomic mass is 79.9. The van der Waals surface area contributed by atoms with Crippen molar-refractivity contribution >= 4 is 31.9 Å². The molecule has 0 saturated carbocycles. The third kappa shape index (κ3) is 2.95. The second-order valence-corrected chi connectivity index (χ2v) is 6.35. The highest BCUT2D eigenvalue weighted by Gasteiger charge is 2.18. The Bertz CT molecular complexity index is 766. The molecular formula is C16H11Br2NO2. The van der Waals surface area contributed by atoms with E-state index < -0.39 is 0 Å². The Balaban J connectivity index is 2.11. The summed E-state index contributed by atoms with van der Waals surface area (Å²) in [6, 6.07) is 15.5. The summed E-state index contributed by atoms with van der Waals surface area (Å²) < 4.78 is 7.41. The molecular weight excluding hydrogens is 398 g/mol. The minimum absolute atomic E-state index is 0.128. The molecule has 0 atom stereocenters. The third-order valence-corrected chi connectivity index (χ3v) is 4.17. The second-order valence-electron chi connectivity index (χ2n) is 4.51. The highest BCUT2D eigenvalue weighted by molar-refractivity contribution is 9.10. The maximum atomic E-state index is 9.71. The lowest BCUT2D eigenvalue weighted by Gasteiger charge is -2.02. The summed E-state index contributed by atoms with van der Waals surface area (Å²) in [5.41, 5.74) is 3.15. The predicted molar refractivity (Wildman–Crippen MR) is 88.7 cm³/mol. The van der Waals surface area contributed by atoms with Crippen LogP contribution in [0.1, 0.15) is 5.56 Å². The molecule has 3 nitrogen and oxygen atoms in total. The SMILES string of the molecule is OCc1c(-c2ccc(Br)cc2)noc1-c1cccc(Br)c1. The molecule has 0 bridgehead atoms. The molecule has 3 aromatic rings. The molecule has 0 aliphatic rings. The molecule has 5 heteroatoms. The molecule has 0 unspecified atom stereocenters. The molecule has 106 valence electrons. The Kier molecular flexibility index (Phi) is 4.24. The van der Waals surface area contributed by atoms with Crippen LogP contribution in [0.5, 0.6) is 0 Å². The van der Waals surface area contributed by atoms with E-state index in [4.69, 9.17) is 4.52 Å². The molecule has 0 spiro atoms. The lowest BCUT2D eigenvalue weighted by Crippen LogP contribution is -1.89. The molecule has 0 aliphatic carbocycles. The van der Waals surface area contributed by atoms with E-state index in [2.05, 4.69) is 37.0 Å². The van der Waals surface area contributed by atoms with Crippen molar-refractivity contribution < 1.29 is 9.63 Å². The summed E-state index contributed by atoms with van der Waals surface area (Å²) in [4.78, 5) is 0. The van der Waals surface area contributed by atoms with Gasteiger partial charge in [-0.05, 0) is 24.3 Å². The van der Waals surface area contributed by atoms with Crippen molar-refractivity contribution in [1.82, 2.24) is 5.16 Å². The molecule has 1 N–H and O–H groups in total. The average molecular weight is 409 g/mol. The first-order valence-corrected chi connectivity index (χ1v) is 7.89.